The summed E-state index contributed by atoms with van der Waals surface area (Å²) >= 11 is 0. The Balaban J connectivity index is 1.66. The lowest BCUT2D eigenvalue weighted by atomic mass is 10.1. The van der Waals surface area contributed by atoms with Crippen molar-refractivity contribution < 1.29 is 23.4 Å². The van der Waals surface area contributed by atoms with E-state index in [0.717, 1.165) is 0 Å². The van der Waals surface area contributed by atoms with Crippen LogP contribution in [-0.2, 0) is 4.74 Å². The number of furan rings is 1. The molecule has 1 saturated heterocycles. The highest BCUT2D eigenvalue weighted by Gasteiger charge is 2.30. The molecular formula is C17H19FN2O4. The van der Waals surface area contributed by atoms with Gasteiger partial charge in [0.1, 0.15) is 17.7 Å². The third kappa shape index (κ3) is 3.93. The quantitative estimate of drug-likeness (QED) is 0.901. The van der Waals surface area contributed by atoms with Crippen LogP contribution in [0.5, 0.6) is 0 Å². The maximum Gasteiger partial charge on any atom is 0.322 e. The van der Waals surface area contributed by atoms with E-state index >= 15 is 0 Å². The van der Waals surface area contributed by atoms with Crippen LogP contribution >= 0.6 is 0 Å². The van der Waals surface area contributed by atoms with Gasteiger partial charge in [-0.2, -0.15) is 0 Å². The van der Waals surface area contributed by atoms with E-state index in [2.05, 4.69) is 5.32 Å². The maximum atomic E-state index is 13.2. The summed E-state index contributed by atoms with van der Waals surface area (Å²) in [5.41, 5.74) is 0.386. The summed E-state index contributed by atoms with van der Waals surface area (Å²) in [6.45, 7) is 1.15. The SMILES string of the molecule is O=C(Nc1cccc(F)c1)N1CCOC[C@@H]1C[C@H](O)c1ccco1. The number of ether oxygens (including phenoxy) is 1. The van der Waals surface area contributed by atoms with Crippen LogP contribution in [0, 0.1) is 5.82 Å². The Morgan fingerprint density at radius 1 is 1.42 bits per heavy atom. The second kappa shape index (κ2) is 7.46. The average molecular weight is 334 g/mol. The number of morpholine rings is 1. The number of nitrogens with zero attached hydrogens (tertiary/aromatic N) is 1. The summed E-state index contributed by atoms with van der Waals surface area (Å²) in [5, 5.41) is 12.9. The highest BCUT2D eigenvalue weighted by molar-refractivity contribution is 5.89. The molecule has 0 aliphatic carbocycles. The molecule has 1 aromatic carbocycles. The molecular weight excluding hydrogens is 315 g/mol. The number of carbonyl (C=O) groups excluding carboxylic acids is 1. The first-order valence-electron chi connectivity index (χ1n) is 7.76. The van der Waals surface area contributed by atoms with Crippen LogP contribution in [-0.4, -0.2) is 41.8 Å². The maximum absolute atomic E-state index is 13.2. The minimum absolute atomic E-state index is 0.296. The molecule has 1 fully saturated rings. The van der Waals surface area contributed by atoms with Crippen molar-refractivity contribution in [1.29, 1.82) is 0 Å². The van der Waals surface area contributed by atoms with Gasteiger partial charge in [-0.3, -0.25) is 0 Å². The molecule has 1 aromatic heterocycles. The van der Waals surface area contributed by atoms with Crippen molar-refractivity contribution in [3.63, 3.8) is 0 Å². The fourth-order valence-electron chi connectivity index (χ4n) is 2.73. The molecule has 2 amide bonds. The molecule has 6 nitrogen and oxygen atoms in total. The molecule has 128 valence electrons. The van der Waals surface area contributed by atoms with Gasteiger partial charge in [-0.05, 0) is 30.3 Å². The van der Waals surface area contributed by atoms with Crippen LogP contribution in [0.3, 0.4) is 0 Å². The van der Waals surface area contributed by atoms with E-state index in [1.54, 1.807) is 23.1 Å². The number of anilines is 1. The molecule has 0 radical (unpaired) electrons. The first-order chi connectivity index (χ1) is 11.6. The molecule has 0 unspecified atom stereocenters. The number of rotatable bonds is 4. The third-order valence-electron chi connectivity index (χ3n) is 3.93. The number of urea groups is 1. The number of carbonyl (C=O) groups is 1. The van der Waals surface area contributed by atoms with Crippen LogP contribution < -0.4 is 5.32 Å². The van der Waals surface area contributed by atoms with E-state index in [1.165, 1.54) is 24.5 Å². The number of hydrogen-bond acceptors (Lipinski definition) is 4. The van der Waals surface area contributed by atoms with E-state index in [-0.39, 0.29) is 12.1 Å². The van der Waals surface area contributed by atoms with Crippen molar-refractivity contribution in [1.82, 2.24) is 4.90 Å². The lowest BCUT2D eigenvalue weighted by molar-refractivity contribution is -0.00713. The summed E-state index contributed by atoms with van der Waals surface area (Å²) < 4.78 is 23.9. The van der Waals surface area contributed by atoms with Gasteiger partial charge in [0, 0.05) is 18.7 Å². The smallest absolute Gasteiger partial charge is 0.322 e. The van der Waals surface area contributed by atoms with Gasteiger partial charge in [-0.25, -0.2) is 9.18 Å². The van der Waals surface area contributed by atoms with Gasteiger partial charge in [-0.1, -0.05) is 6.07 Å². The molecule has 2 aromatic rings. The second-order valence-corrected chi connectivity index (χ2v) is 5.63. The molecule has 2 heterocycles. The largest absolute Gasteiger partial charge is 0.467 e. The number of hydrogen-bond donors (Lipinski definition) is 2. The molecule has 0 saturated carbocycles. The molecule has 2 atom stereocenters. The van der Waals surface area contributed by atoms with Gasteiger partial charge < -0.3 is 24.5 Å². The predicted molar refractivity (Wildman–Crippen MR) is 85.0 cm³/mol. The molecule has 1 aliphatic rings. The molecule has 0 spiro atoms. The summed E-state index contributed by atoms with van der Waals surface area (Å²) in [5.74, 6) is 0.0330. The number of halogens is 1. The lowest BCUT2D eigenvalue weighted by Gasteiger charge is -2.36. The average Bonchev–Trinajstić information content (AvgIpc) is 3.10. The van der Waals surface area contributed by atoms with E-state index in [0.29, 0.717) is 37.6 Å². The first-order valence-corrected chi connectivity index (χ1v) is 7.76. The van der Waals surface area contributed by atoms with Gasteiger partial charge in [0.25, 0.3) is 0 Å². The summed E-state index contributed by atoms with van der Waals surface area (Å²) in [6, 6.07) is 8.46. The monoisotopic (exact) mass is 334 g/mol. The van der Waals surface area contributed by atoms with Gasteiger partial charge >= 0.3 is 6.03 Å². The molecule has 24 heavy (non-hydrogen) atoms. The second-order valence-electron chi connectivity index (χ2n) is 5.63. The summed E-state index contributed by atoms with van der Waals surface area (Å²) in [4.78, 5) is 14.1. The molecule has 7 heteroatoms. The van der Waals surface area contributed by atoms with Gasteiger partial charge in [-0.15, -0.1) is 0 Å². The molecule has 1 aliphatic heterocycles. The zero-order valence-corrected chi connectivity index (χ0v) is 13.0. The van der Waals surface area contributed by atoms with Crippen molar-refractivity contribution in [3.8, 4) is 0 Å². The van der Waals surface area contributed by atoms with Crippen molar-refractivity contribution in [3.05, 3.63) is 54.2 Å². The first kappa shape index (κ1) is 16.5. The fraction of sp³-hybridized carbons (Fsp3) is 0.353. The zero-order chi connectivity index (χ0) is 16.9. The standard InChI is InChI=1S/C17H19FN2O4/c18-12-3-1-4-13(9-12)19-17(22)20-6-8-23-11-14(20)10-15(21)16-5-2-7-24-16/h1-5,7,9,14-15,21H,6,8,10-11H2,(H,19,22)/t14-,15-/m0/s1. The van der Waals surface area contributed by atoms with Crippen LogP contribution in [0.4, 0.5) is 14.9 Å². The minimum atomic E-state index is -0.823. The number of benzene rings is 1. The fourth-order valence-corrected chi connectivity index (χ4v) is 2.73. The normalized spacial score (nSPS) is 19.1. The van der Waals surface area contributed by atoms with Crippen molar-refractivity contribution in [2.45, 2.75) is 18.6 Å². The summed E-state index contributed by atoms with van der Waals surface area (Å²) in [7, 11) is 0. The predicted octanol–water partition coefficient (Wildman–Crippen LogP) is 2.78. The Morgan fingerprint density at radius 3 is 3.04 bits per heavy atom. The lowest BCUT2D eigenvalue weighted by Crippen LogP contribution is -2.50. The van der Waals surface area contributed by atoms with Gasteiger partial charge in [0.15, 0.2) is 0 Å². The number of aliphatic hydroxyl groups excluding tert-OH is 1. The number of amides is 2. The van der Waals surface area contributed by atoms with Crippen LogP contribution in [0.15, 0.2) is 47.1 Å². The van der Waals surface area contributed by atoms with E-state index in [1.807, 2.05) is 0 Å². The highest BCUT2D eigenvalue weighted by Crippen LogP contribution is 2.23. The minimum Gasteiger partial charge on any atom is -0.467 e. The van der Waals surface area contributed by atoms with E-state index in [4.69, 9.17) is 9.15 Å². The van der Waals surface area contributed by atoms with Crippen LogP contribution in [0.1, 0.15) is 18.3 Å². The molecule has 2 N–H and O–H groups in total. The third-order valence-corrected chi connectivity index (χ3v) is 3.93. The molecule has 3 rings (SSSR count). The topological polar surface area (TPSA) is 74.9 Å². The molecule has 0 bridgehead atoms. The van der Waals surface area contributed by atoms with Crippen molar-refractivity contribution in [2.24, 2.45) is 0 Å². The number of nitrogens with one attached hydrogen (secondary N) is 1. The van der Waals surface area contributed by atoms with Crippen molar-refractivity contribution in [2.75, 3.05) is 25.1 Å². The Morgan fingerprint density at radius 2 is 2.29 bits per heavy atom. The summed E-state index contributed by atoms with van der Waals surface area (Å²) in [6.07, 6.45) is 0.963. The Labute approximate surface area is 138 Å². The van der Waals surface area contributed by atoms with Gasteiger partial charge in [0.05, 0.1) is 25.5 Å². The van der Waals surface area contributed by atoms with Gasteiger partial charge in [0.2, 0.25) is 0 Å². The Kier molecular flexibility index (Phi) is 5.12. The van der Waals surface area contributed by atoms with Crippen LogP contribution in [0.2, 0.25) is 0 Å². The Hall–Kier alpha value is -2.38. The van der Waals surface area contributed by atoms with E-state index in [9.17, 15) is 14.3 Å². The van der Waals surface area contributed by atoms with Crippen LogP contribution in [0.25, 0.3) is 0 Å². The van der Waals surface area contributed by atoms with E-state index < -0.39 is 11.9 Å². The number of aliphatic hydroxyl groups is 1. The highest BCUT2D eigenvalue weighted by atomic mass is 19.1. The van der Waals surface area contributed by atoms with Crippen molar-refractivity contribution >= 4 is 11.7 Å². The zero-order valence-electron chi connectivity index (χ0n) is 13.0. The Bertz CT molecular complexity index is 677.